The van der Waals surface area contributed by atoms with Gasteiger partial charge in [-0.05, 0) is 55.5 Å². The lowest BCUT2D eigenvalue weighted by Crippen LogP contribution is -3.00. The van der Waals surface area contributed by atoms with Crippen LogP contribution in [0.1, 0.15) is 26.3 Å². The minimum atomic E-state index is -2.58. The highest BCUT2D eigenvalue weighted by Gasteiger charge is 2.50. The van der Waals surface area contributed by atoms with Crippen molar-refractivity contribution < 1.29 is 26.6 Å². The number of hydrogen-bond acceptors (Lipinski definition) is 3. The average molecular weight is 653 g/mol. The Bertz CT molecular complexity index is 1530. The summed E-state index contributed by atoms with van der Waals surface area (Å²) in [5.74, 6) is 0.115. The highest BCUT2D eigenvalue weighted by molar-refractivity contribution is 8.04. The van der Waals surface area contributed by atoms with E-state index in [4.69, 9.17) is 0 Å². The van der Waals surface area contributed by atoms with Crippen LogP contribution in [0.25, 0.3) is 0 Å². The van der Waals surface area contributed by atoms with Crippen molar-refractivity contribution in [2.24, 2.45) is 0 Å². The van der Waals surface area contributed by atoms with Crippen LogP contribution in [0.2, 0.25) is 0 Å². The van der Waals surface area contributed by atoms with E-state index in [9.17, 15) is 9.59 Å². The zero-order valence-electron chi connectivity index (χ0n) is 23.2. The third-order valence-corrected chi connectivity index (χ3v) is 12.0. The summed E-state index contributed by atoms with van der Waals surface area (Å²) in [4.78, 5) is 26.8. The van der Waals surface area contributed by atoms with E-state index in [0.717, 1.165) is 26.9 Å². The van der Waals surface area contributed by atoms with Crippen LogP contribution in [-0.2, 0) is 0 Å². The third-order valence-electron chi connectivity index (χ3n) is 6.85. The lowest BCUT2D eigenvalue weighted by atomic mass is 10.1. The van der Waals surface area contributed by atoms with E-state index in [-0.39, 0.29) is 34.4 Å². The predicted molar refractivity (Wildman–Crippen MR) is 175 cm³/mol. The molecule has 5 aromatic carbocycles. The van der Waals surface area contributed by atoms with E-state index in [0.29, 0.717) is 11.1 Å². The van der Waals surface area contributed by atoms with Crippen molar-refractivity contribution in [2.75, 3.05) is 5.75 Å². The molecule has 210 valence electrons. The quantitative estimate of drug-likeness (QED) is 0.182. The maximum absolute atomic E-state index is 13.8. The topological polar surface area (TPSA) is 46.2 Å². The van der Waals surface area contributed by atoms with Gasteiger partial charge in [0.1, 0.15) is 15.9 Å². The summed E-state index contributed by atoms with van der Waals surface area (Å²) in [6, 6.07) is 48.0. The molecule has 0 aromatic heterocycles. The molecule has 1 N–H and O–H groups in total. The van der Waals surface area contributed by atoms with Crippen LogP contribution in [0.4, 0.5) is 0 Å². The van der Waals surface area contributed by atoms with Gasteiger partial charge in [-0.1, -0.05) is 103 Å². The number of ketones is 1. The number of aryl methyl sites for hydroxylation is 1. The van der Waals surface area contributed by atoms with Crippen molar-refractivity contribution in [1.82, 2.24) is 5.32 Å². The second kappa shape index (κ2) is 14.9. The molecule has 0 bridgehead atoms. The zero-order valence-corrected chi connectivity index (χ0v) is 26.5. The molecule has 0 aliphatic rings. The largest absolute Gasteiger partial charge is 1.00 e. The molecule has 42 heavy (non-hydrogen) atoms. The van der Waals surface area contributed by atoms with Gasteiger partial charge in [0.25, 0.3) is 5.91 Å². The van der Waals surface area contributed by atoms with Crippen LogP contribution >= 0.6 is 19.0 Å². The van der Waals surface area contributed by atoms with E-state index >= 15 is 0 Å². The Labute approximate surface area is 263 Å². The molecule has 0 atom stereocenters. The van der Waals surface area contributed by atoms with Gasteiger partial charge < -0.3 is 17.0 Å². The van der Waals surface area contributed by atoms with Gasteiger partial charge in [0.2, 0.25) is 0 Å². The normalized spacial score (nSPS) is 11.3. The van der Waals surface area contributed by atoms with Gasteiger partial charge in [-0.3, -0.25) is 14.9 Å². The number of nitrogens with one attached hydrogen (secondary N) is 1. The highest BCUT2D eigenvalue weighted by atomic mass is 79.9. The summed E-state index contributed by atoms with van der Waals surface area (Å²) in [5.41, 5.74) is 3.14. The Morgan fingerprint density at radius 2 is 1.05 bits per heavy atom. The molecule has 5 aromatic rings. The molecule has 0 aliphatic heterocycles. The van der Waals surface area contributed by atoms with E-state index in [1.165, 1.54) is 11.8 Å². The van der Waals surface area contributed by atoms with Crippen molar-refractivity contribution >= 4 is 46.6 Å². The standard InChI is InChI=1S/C36H30NO2PS.BrH/c1-28-22-24-30(25-23-28)36(39)37-35(27-41-26-34(38)29-14-6-2-7-15-29)40(31-16-8-3-9-17-31,32-18-10-4-11-19-32)33-20-12-5-13-21-33;/h2-25,27H,26H2,1H3;1H/b35-27-;. The molecule has 0 saturated heterocycles. The summed E-state index contributed by atoms with van der Waals surface area (Å²) in [6.45, 7) is 2.00. The first kappa shape index (κ1) is 31.2. The fourth-order valence-electron chi connectivity index (χ4n) is 4.81. The first-order valence-electron chi connectivity index (χ1n) is 13.4. The van der Waals surface area contributed by atoms with Gasteiger partial charge in [0.15, 0.2) is 18.5 Å². The molecule has 0 fully saturated rings. The maximum atomic E-state index is 13.8. The van der Waals surface area contributed by atoms with Crippen molar-refractivity contribution in [3.63, 3.8) is 0 Å². The van der Waals surface area contributed by atoms with Crippen LogP contribution in [0, 0.1) is 6.92 Å². The molecule has 3 nitrogen and oxygen atoms in total. The lowest BCUT2D eigenvalue weighted by Gasteiger charge is -2.29. The number of halogens is 1. The first-order valence-corrected chi connectivity index (χ1v) is 16.3. The molecule has 0 heterocycles. The number of carbonyl (C=O) groups is 2. The lowest BCUT2D eigenvalue weighted by molar-refractivity contribution is -0.0000238. The first-order chi connectivity index (χ1) is 20.1. The van der Waals surface area contributed by atoms with Crippen LogP contribution in [-0.4, -0.2) is 17.4 Å². The molecule has 0 spiro atoms. The maximum Gasteiger partial charge on any atom is 0.258 e. The second-order valence-electron chi connectivity index (χ2n) is 9.60. The second-order valence-corrected chi connectivity index (χ2v) is 13.8. The number of thioether (sulfide) groups is 1. The molecule has 0 saturated carbocycles. The van der Waals surface area contributed by atoms with Crippen LogP contribution < -0.4 is 38.2 Å². The third kappa shape index (κ3) is 6.99. The fraction of sp³-hybridized carbons (Fsp3) is 0.0556. The van der Waals surface area contributed by atoms with Crippen molar-refractivity contribution in [3.05, 3.63) is 173 Å². The van der Waals surface area contributed by atoms with Crippen molar-refractivity contribution in [2.45, 2.75) is 6.92 Å². The Balaban J connectivity index is 0.00000405. The van der Waals surface area contributed by atoms with E-state index in [1.807, 2.05) is 122 Å². The van der Waals surface area contributed by atoms with E-state index < -0.39 is 7.26 Å². The monoisotopic (exact) mass is 651 g/mol. The zero-order chi connectivity index (χ0) is 28.5. The Morgan fingerprint density at radius 3 is 1.50 bits per heavy atom. The number of Topliss-reactive ketones (excluding diaryl/α,β-unsaturated/α-hetero) is 1. The minimum Gasteiger partial charge on any atom is -1.00 e. The van der Waals surface area contributed by atoms with Crippen LogP contribution in [0.5, 0.6) is 0 Å². The van der Waals surface area contributed by atoms with E-state index in [1.54, 1.807) is 0 Å². The number of carbonyl (C=O) groups excluding carboxylic acids is 2. The minimum absolute atomic E-state index is 0. The van der Waals surface area contributed by atoms with Crippen LogP contribution in [0.15, 0.2) is 156 Å². The van der Waals surface area contributed by atoms with Gasteiger partial charge >= 0.3 is 0 Å². The smallest absolute Gasteiger partial charge is 0.258 e. The number of rotatable bonds is 10. The van der Waals surface area contributed by atoms with Crippen molar-refractivity contribution in [1.29, 1.82) is 0 Å². The summed E-state index contributed by atoms with van der Waals surface area (Å²) in [5, 5.41) is 8.68. The molecule has 0 unspecified atom stereocenters. The molecule has 0 radical (unpaired) electrons. The molecule has 1 amide bonds. The van der Waals surface area contributed by atoms with Gasteiger partial charge in [-0.15, -0.1) is 11.8 Å². The highest BCUT2D eigenvalue weighted by Crippen LogP contribution is 2.61. The Hall–Kier alpha value is -3.76. The summed E-state index contributed by atoms with van der Waals surface area (Å²) in [6.07, 6.45) is 0. The molecule has 5 rings (SSSR count). The predicted octanol–water partition coefficient (Wildman–Crippen LogP) is 4.14. The molecular formula is C36H31BrNO2PS. The van der Waals surface area contributed by atoms with Gasteiger partial charge in [0.05, 0.1) is 5.75 Å². The van der Waals surface area contributed by atoms with E-state index in [2.05, 4.69) is 41.7 Å². The van der Waals surface area contributed by atoms with Gasteiger partial charge in [0, 0.05) is 16.5 Å². The number of hydrogen-bond donors (Lipinski definition) is 1. The average Bonchev–Trinajstić information content (AvgIpc) is 3.03. The Morgan fingerprint density at radius 1 is 0.619 bits per heavy atom. The summed E-state index contributed by atoms with van der Waals surface area (Å²) >= 11 is 1.42. The number of amides is 1. The Kier molecular flexibility index (Phi) is 11.1. The molecular weight excluding hydrogens is 621 g/mol. The SMILES string of the molecule is Cc1ccc(C(=O)N/C(=C/SCC(=O)c2ccccc2)[P+](c2ccccc2)(c2ccccc2)c2ccccc2)cc1.[Br-]. The van der Waals surface area contributed by atoms with Gasteiger partial charge in [-0.2, -0.15) is 0 Å². The fourth-order valence-corrected chi connectivity index (χ4v) is 10.1. The summed E-state index contributed by atoms with van der Waals surface area (Å²) in [7, 11) is -2.58. The van der Waals surface area contributed by atoms with Crippen molar-refractivity contribution in [3.8, 4) is 0 Å². The molecule has 6 heteroatoms. The number of benzene rings is 5. The molecule has 0 aliphatic carbocycles. The van der Waals surface area contributed by atoms with Gasteiger partial charge in [-0.25, -0.2) is 0 Å². The summed E-state index contributed by atoms with van der Waals surface area (Å²) < 4.78 is 0. The van der Waals surface area contributed by atoms with Crippen LogP contribution in [0.3, 0.4) is 0 Å².